The first-order valence-corrected chi connectivity index (χ1v) is 9.10. The van der Waals surface area contributed by atoms with Crippen LogP contribution < -0.4 is 0 Å². The predicted molar refractivity (Wildman–Crippen MR) is 96.7 cm³/mol. The van der Waals surface area contributed by atoms with Crippen LogP contribution in [0.3, 0.4) is 0 Å². The van der Waals surface area contributed by atoms with E-state index in [0.29, 0.717) is 5.56 Å². The van der Waals surface area contributed by atoms with E-state index < -0.39 is 53.3 Å². The van der Waals surface area contributed by atoms with Gasteiger partial charge in [-0.1, -0.05) is 6.07 Å². The van der Waals surface area contributed by atoms with Crippen molar-refractivity contribution in [2.75, 3.05) is 0 Å². The third-order valence-corrected chi connectivity index (χ3v) is 4.55. The van der Waals surface area contributed by atoms with E-state index in [1.807, 2.05) is 0 Å². The summed E-state index contributed by atoms with van der Waals surface area (Å²) < 4.78 is 10.6. The fourth-order valence-corrected chi connectivity index (χ4v) is 3.60. The van der Waals surface area contributed by atoms with Crippen LogP contribution >= 0.6 is 0 Å². The van der Waals surface area contributed by atoms with Crippen LogP contribution in [0.15, 0.2) is 24.5 Å². The number of Topliss-reactive ketones (excluding diaryl/α,β-unsaturated/α-hetero) is 1. The Hall–Kier alpha value is -2.28. The van der Waals surface area contributed by atoms with E-state index >= 15 is 0 Å². The molecule has 1 saturated carbocycles. The molecule has 0 saturated heterocycles. The van der Waals surface area contributed by atoms with Crippen LogP contribution in [-0.2, 0) is 23.9 Å². The van der Waals surface area contributed by atoms with E-state index in [1.54, 1.807) is 46.0 Å². The Kier molecular flexibility index (Phi) is 6.36. The number of aliphatic hydroxyl groups is 1. The fraction of sp³-hybridized carbons (Fsp3) is 0.600. The summed E-state index contributed by atoms with van der Waals surface area (Å²) in [4.78, 5) is 42.4. The molecule has 0 spiro atoms. The van der Waals surface area contributed by atoms with Crippen LogP contribution in [0.4, 0.5) is 0 Å². The number of esters is 2. The largest absolute Gasteiger partial charge is 0.463 e. The van der Waals surface area contributed by atoms with Gasteiger partial charge in [0.2, 0.25) is 0 Å². The van der Waals surface area contributed by atoms with Crippen LogP contribution in [0.25, 0.3) is 0 Å². The van der Waals surface area contributed by atoms with Gasteiger partial charge in [-0.15, -0.1) is 0 Å². The van der Waals surface area contributed by atoms with Crippen molar-refractivity contribution < 1.29 is 29.0 Å². The molecule has 1 heterocycles. The minimum atomic E-state index is -1.65. The summed E-state index contributed by atoms with van der Waals surface area (Å²) in [5.41, 5.74) is -1.15. The van der Waals surface area contributed by atoms with E-state index in [1.165, 1.54) is 13.1 Å². The van der Waals surface area contributed by atoms with Gasteiger partial charge in [-0.3, -0.25) is 19.4 Å². The molecule has 1 aromatic heterocycles. The number of ether oxygens (including phenoxy) is 2. The fourth-order valence-electron chi connectivity index (χ4n) is 3.60. The lowest BCUT2D eigenvalue weighted by atomic mass is 9.62. The molecule has 7 heteroatoms. The van der Waals surface area contributed by atoms with Gasteiger partial charge in [-0.25, -0.2) is 0 Å². The molecule has 148 valence electrons. The Labute approximate surface area is 159 Å². The SMILES string of the molecule is CC(C)OC(=O)[C@@H]1C(=O)C[C@](C)(O)[C@@H](C(=O)OC(C)C)[C@H]1c1cccnc1. The lowest BCUT2D eigenvalue weighted by Crippen LogP contribution is -2.55. The number of hydrogen-bond donors (Lipinski definition) is 1. The van der Waals surface area contributed by atoms with Gasteiger partial charge in [0.1, 0.15) is 5.92 Å². The molecule has 4 atom stereocenters. The normalized spacial score (nSPS) is 28.3. The number of aromatic nitrogens is 1. The topological polar surface area (TPSA) is 103 Å². The van der Waals surface area contributed by atoms with Crippen molar-refractivity contribution in [2.24, 2.45) is 11.8 Å². The summed E-state index contributed by atoms with van der Waals surface area (Å²) in [6.07, 6.45) is 1.89. The van der Waals surface area contributed by atoms with Crippen LogP contribution in [0.5, 0.6) is 0 Å². The molecule has 1 aliphatic carbocycles. The third kappa shape index (κ3) is 4.71. The highest BCUT2D eigenvalue weighted by Gasteiger charge is 2.57. The van der Waals surface area contributed by atoms with Crippen molar-refractivity contribution in [1.29, 1.82) is 0 Å². The Morgan fingerprint density at radius 3 is 2.30 bits per heavy atom. The van der Waals surface area contributed by atoms with Crippen LogP contribution in [0, 0.1) is 11.8 Å². The van der Waals surface area contributed by atoms with Gasteiger partial charge < -0.3 is 14.6 Å². The number of rotatable bonds is 5. The predicted octanol–water partition coefficient (Wildman–Crippen LogP) is 2.02. The maximum Gasteiger partial charge on any atom is 0.317 e. The molecule has 2 rings (SSSR count). The maximum atomic E-state index is 12.8. The highest BCUT2D eigenvalue weighted by molar-refractivity contribution is 6.02. The number of hydrogen-bond acceptors (Lipinski definition) is 7. The van der Waals surface area contributed by atoms with Crippen LogP contribution in [0.2, 0.25) is 0 Å². The summed E-state index contributed by atoms with van der Waals surface area (Å²) >= 11 is 0. The highest BCUT2D eigenvalue weighted by Crippen LogP contribution is 2.46. The van der Waals surface area contributed by atoms with E-state index in [2.05, 4.69) is 4.98 Å². The second-order valence-electron chi connectivity index (χ2n) is 7.74. The molecule has 0 radical (unpaired) electrons. The molecule has 1 aliphatic rings. The lowest BCUT2D eigenvalue weighted by Gasteiger charge is -2.43. The number of nitrogens with zero attached hydrogens (tertiary/aromatic N) is 1. The monoisotopic (exact) mass is 377 g/mol. The average molecular weight is 377 g/mol. The molecule has 0 aromatic carbocycles. The molecular formula is C20H27NO6. The molecule has 7 nitrogen and oxygen atoms in total. The third-order valence-electron chi connectivity index (χ3n) is 4.55. The standard InChI is InChI=1S/C20H27NO6/c1-11(2)26-18(23)16-14(22)9-20(5,25)17(19(24)27-12(3)4)15(16)13-7-6-8-21-10-13/h6-8,10-12,15-17,25H,9H2,1-5H3/t15-,16+,17+,20-/m0/s1. The minimum absolute atomic E-state index is 0.334. The lowest BCUT2D eigenvalue weighted by molar-refractivity contribution is -0.176. The van der Waals surface area contributed by atoms with Gasteiger partial charge >= 0.3 is 11.9 Å². The number of pyridine rings is 1. The average Bonchev–Trinajstić information content (AvgIpc) is 2.52. The molecule has 1 fully saturated rings. The van der Waals surface area contributed by atoms with Crippen LogP contribution in [0.1, 0.15) is 52.5 Å². The van der Waals surface area contributed by atoms with Crippen molar-refractivity contribution in [3.05, 3.63) is 30.1 Å². The Bertz CT molecular complexity index is 690. The second-order valence-corrected chi connectivity index (χ2v) is 7.74. The molecular weight excluding hydrogens is 350 g/mol. The zero-order valence-corrected chi connectivity index (χ0v) is 16.3. The summed E-state index contributed by atoms with van der Waals surface area (Å²) in [5, 5.41) is 10.9. The molecule has 0 bridgehead atoms. The van der Waals surface area contributed by atoms with Gasteiger partial charge in [0.15, 0.2) is 5.78 Å². The quantitative estimate of drug-likeness (QED) is 0.618. The van der Waals surface area contributed by atoms with Gasteiger partial charge in [-0.2, -0.15) is 0 Å². The summed E-state index contributed by atoms with van der Waals surface area (Å²) in [7, 11) is 0. The van der Waals surface area contributed by atoms with Crippen molar-refractivity contribution in [3.63, 3.8) is 0 Å². The van der Waals surface area contributed by atoms with Crippen molar-refractivity contribution in [2.45, 2.75) is 64.8 Å². The number of carbonyl (C=O) groups excluding carboxylic acids is 3. The van der Waals surface area contributed by atoms with Gasteiger partial charge in [-0.05, 0) is 46.2 Å². The van der Waals surface area contributed by atoms with Crippen molar-refractivity contribution >= 4 is 17.7 Å². The molecule has 0 aliphatic heterocycles. The molecule has 0 amide bonds. The molecule has 27 heavy (non-hydrogen) atoms. The Morgan fingerprint density at radius 2 is 1.78 bits per heavy atom. The number of carbonyl (C=O) groups is 3. The van der Waals surface area contributed by atoms with Gasteiger partial charge in [0.25, 0.3) is 0 Å². The first kappa shape index (κ1) is 21.0. The van der Waals surface area contributed by atoms with E-state index in [9.17, 15) is 19.5 Å². The minimum Gasteiger partial charge on any atom is -0.463 e. The highest BCUT2D eigenvalue weighted by atomic mass is 16.5. The van der Waals surface area contributed by atoms with E-state index in [4.69, 9.17) is 9.47 Å². The molecule has 0 unspecified atom stereocenters. The first-order valence-electron chi connectivity index (χ1n) is 9.10. The molecule has 1 N–H and O–H groups in total. The van der Waals surface area contributed by atoms with Crippen LogP contribution in [-0.4, -0.2) is 45.6 Å². The van der Waals surface area contributed by atoms with Crippen molar-refractivity contribution in [3.8, 4) is 0 Å². The molecule has 1 aromatic rings. The number of ketones is 1. The Balaban J connectivity index is 2.57. The second kappa shape index (κ2) is 8.17. The smallest absolute Gasteiger partial charge is 0.317 e. The van der Waals surface area contributed by atoms with Gasteiger partial charge in [0, 0.05) is 24.7 Å². The van der Waals surface area contributed by atoms with Gasteiger partial charge in [0.05, 0.1) is 23.7 Å². The summed E-state index contributed by atoms with van der Waals surface area (Å²) in [6, 6.07) is 3.33. The zero-order chi connectivity index (χ0) is 20.4. The maximum absolute atomic E-state index is 12.8. The summed E-state index contributed by atoms with van der Waals surface area (Å²) in [5.74, 6) is -5.06. The van der Waals surface area contributed by atoms with E-state index in [0.717, 1.165) is 0 Å². The Morgan fingerprint density at radius 1 is 1.19 bits per heavy atom. The summed E-state index contributed by atoms with van der Waals surface area (Å²) in [6.45, 7) is 8.19. The van der Waals surface area contributed by atoms with Crippen molar-refractivity contribution in [1.82, 2.24) is 4.98 Å². The van der Waals surface area contributed by atoms with E-state index in [-0.39, 0.29) is 6.42 Å². The first-order chi connectivity index (χ1) is 12.5. The zero-order valence-electron chi connectivity index (χ0n) is 16.3.